The van der Waals surface area contributed by atoms with Gasteiger partial charge < -0.3 is 14.5 Å². The number of aliphatic carboxylic acids is 1. The molecule has 6 nitrogen and oxygen atoms in total. The zero-order valence-electron chi connectivity index (χ0n) is 12.9. The van der Waals surface area contributed by atoms with Crippen LogP contribution in [0.25, 0.3) is 11.3 Å². The minimum atomic E-state index is -0.907. The van der Waals surface area contributed by atoms with E-state index in [1.54, 1.807) is 13.0 Å². The van der Waals surface area contributed by atoms with Crippen molar-refractivity contribution in [2.24, 2.45) is 5.41 Å². The maximum atomic E-state index is 12.6. The van der Waals surface area contributed by atoms with Gasteiger partial charge in [0.15, 0.2) is 0 Å². The van der Waals surface area contributed by atoms with E-state index in [4.69, 9.17) is 4.52 Å². The van der Waals surface area contributed by atoms with E-state index in [9.17, 15) is 14.7 Å². The molecule has 2 aromatic rings. The molecule has 1 aliphatic heterocycles. The van der Waals surface area contributed by atoms with Gasteiger partial charge in [0.25, 0.3) is 5.91 Å². The van der Waals surface area contributed by atoms with E-state index in [-0.39, 0.29) is 18.2 Å². The largest absolute Gasteiger partial charge is 0.481 e. The van der Waals surface area contributed by atoms with Crippen molar-refractivity contribution in [1.82, 2.24) is 10.1 Å². The highest BCUT2D eigenvalue weighted by molar-refractivity contribution is 5.93. The fraction of sp³-hybridized carbons (Fsp3) is 0.353. The monoisotopic (exact) mass is 314 g/mol. The summed E-state index contributed by atoms with van der Waals surface area (Å²) in [6, 6.07) is 11.0. The lowest BCUT2D eigenvalue weighted by Gasteiger charge is -2.36. The highest BCUT2D eigenvalue weighted by Crippen LogP contribution is 2.31. The molecular formula is C17H18N2O4. The van der Waals surface area contributed by atoms with Crippen LogP contribution in [-0.2, 0) is 4.79 Å². The molecule has 0 aliphatic carbocycles. The van der Waals surface area contributed by atoms with E-state index in [0.717, 1.165) is 5.56 Å². The molecule has 0 radical (unpaired) electrons. The number of amides is 1. The van der Waals surface area contributed by atoms with Crippen molar-refractivity contribution in [1.29, 1.82) is 0 Å². The number of nitrogens with zero attached hydrogens (tertiary/aromatic N) is 2. The normalized spacial score (nSPS) is 21.2. The summed E-state index contributed by atoms with van der Waals surface area (Å²) in [5.41, 5.74) is 0.548. The number of carboxylic acid groups (broad SMARTS) is 1. The van der Waals surface area contributed by atoms with Crippen molar-refractivity contribution in [2.75, 3.05) is 13.1 Å². The summed E-state index contributed by atoms with van der Waals surface area (Å²) in [6.45, 7) is 2.39. The second-order valence-electron chi connectivity index (χ2n) is 6.14. The molecule has 1 unspecified atom stereocenters. The van der Waals surface area contributed by atoms with Crippen LogP contribution in [0.4, 0.5) is 0 Å². The molecule has 1 saturated heterocycles. The second-order valence-corrected chi connectivity index (χ2v) is 6.14. The topological polar surface area (TPSA) is 83.6 Å². The first kappa shape index (κ1) is 15.3. The summed E-state index contributed by atoms with van der Waals surface area (Å²) in [6.07, 6.45) is 1.23. The molecule has 2 heterocycles. The van der Waals surface area contributed by atoms with Crippen molar-refractivity contribution < 1.29 is 19.2 Å². The molecular weight excluding hydrogens is 296 g/mol. The van der Waals surface area contributed by atoms with Crippen molar-refractivity contribution in [3.05, 3.63) is 42.2 Å². The van der Waals surface area contributed by atoms with Crippen molar-refractivity contribution >= 4 is 11.9 Å². The van der Waals surface area contributed by atoms with E-state index in [1.807, 2.05) is 30.3 Å². The van der Waals surface area contributed by atoms with Gasteiger partial charge in [0, 0.05) is 24.7 Å². The molecule has 0 bridgehead atoms. The average Bonchev–Trinajstić information content (AvgIpc) is 3.05. The van der Waals surface area contributed by atoms with Crippen LogP contribution in [0, 0.1) is 5.41 Å². The van der Waals surface area contributed by atoms with Gasteiger partial charge in [-0.2, -0.15) is 0 Å². The Labute approximate surface area is 133 Å². The third kappa shape index (κ3) is 2.97. The Bertz CT molecular complexity index is 725. The molecule has 0 spiro atoms. The highest BCUT2D eigenvalue weighted by Gasteiger charge is 2.40. The predicted octanol–water partition coefficient (Wildman–Crippen LogP) is 2.67. The molecule has 1 N–H and O–H groups in total. The number of carboxylic acids is 1. The number of benzene rings is 1. The Morgan fingerprint density at radius 3 is 2.74 bits per heavy atom. The molecule has 23 heavy (non-hydrogen) atoms. The zero-order valence-corrected chi connectivity index (χ0v) is 12.9. The maximum Gasteiger partial charge on any atom is 0.311 e. The van der Waals surface area contributed by atoms with E-state index < -0.39 is 11.4 Å². The Morgan fingerprint density at radius 1 is 1.30 bits per heavy atom. The number of carbonyl (C=O) groups excluding carboxylic acids is 1. The lowest BCUT2D eigenvalue weighted by molar-refractivity contribution is -0.150. The fourth-order valence-electron chi connectivity index (χ4n) is 2.86. The molecule has 1 aromatic carbocycles. The third-order valence-electron chi connectivity index (χ3n) is 4.29. The van der Waals surface area contributed by atoms with Crippen molar-refractivity contribution in [3.63, 3.8) is 0 Å². The van der Waals surface area contributed by atoms with Crippen LogP contribution in [0.1, 0.15) is 30.3 Å². The van der Waals surface area contributed by atoms with E-state index in [1.165, 1.54) is 4.90 Å². The smallest absolute Gasteiger partial charge is 0.311 e. The summed E-state index contributed by atoms with van der Waals surface area (Å²) >= 11 is 0. The van der Waals surface area contributed by atoms with E-state index in [2.05, 4.69) is 5.16 Å². The number of hydrogen-bond acceptors (Lipinski definition) is 4. The molecule has 0 saturated carbocycles. The number of carbonyl (C=O) groups is 2. The van der Waals surface area contributed by atoms with Crippen LogP contribution >= 0.6 is 0 Å². The number of likely N-dealkylation sites (tertiary alicyclic amines) is 1. The number of aromatic nitrogens is 1. The van der Waals surface area contributed by atoms with Crippen LogP contribution in [0.2, 0.25) is 0 Å². The SMILES string of the molecule is CC1(C(=O)O)CCCN(C(=O)c2cc(-c3ccccc3)no2)C1. The molecule has 1 aromatic heterocycles. The van der Waals surface area contributed by atoms with Crippen LogP contribution in [0.15, 0.2) is 40.9 Å². The Balaban J connectivity index is 1.79. The van der Waals surface area contributed by atoms with Gasteiger partial charge in [-0.05, 0) is 19.8 Å². The molecule has 1 aliphatic rings. The quantitative estimate of drug-likeness (QED) is 0.941. The van der Waals surface area contributed by atoms with E-state index >= 15 is 0 Å². The molecule has 1 fully saturated rings. The first-order chi connectivity index (χ1) is 11.0. The zero-order chi connectivity index (χ0) is 16.4. The molecule has 6 heteroatoms. The van der Waals surface area contributed by atoms with Gasteiger partial charge in [0.2, 0.25) is 5.76 Å². The minimum Gasteiger partial charge on any atom is -0.481 e. The minimum absolute atomic E-state index is 0.137. The van der Waals surface area contributed by atoms with Gasteiger partial charge >= 0.3 is 5.97 Å². The summed E-state index contributed by atoms with van der Waals surface area (Å²) in [5.74, 6) is -1.05. The van der Waals surface area contributed by atoms with Gasteiger partial charge in [0.1, 0.15) is 5.69 Å². The van der Waals surface area contributed by atoms with Gasteiger partial charge in [-0.1, -0.05) is 35.5 Å². The van der Waals surface area contributed by atoms with Gasteiger partial charge in [-0.3, -0.25) is 9.59 Å². The number of piperidine rings is 1. The number of hydrogen-bond donors (Lipinski definition) is 1. The fourth-order valence-corrected chi connectivity index (χ4v) is 2.86. The highest BCUT2D eigenvalue weighted by atomic mass is 16.5. The summed E-state index contributed by atoms with van der Waals surface area (Å²) < 4.78 is 5.17. The summed E-state index contributed by atoms with van der Waals surface area (Å²) in [5, 5.41) is 13.3. The third-order valence-corrected chi connectivity index (χ3v) is 4.29. The predicted molar refractivity (Wildman–Crippen MR) is 82.8 cm³/mol. The first-order valence-corrected chi connectivity index (χ1v) is 7.54. The standard InChI is InChI=1S/C17H18N2O4/c1-17(16(21)22)8-5-9-19(11-17)15(20)14-10-13(18-23-14)12-6-3-2-4-7-12/h2-4,6-7,10H,5,8-9,11H2,1H3,(H,21,22). The van der Waals surface area contributed by atoms with Gasteiger partial charge in [-0.25, -0.2) is 0 Å². The lowest BCUT2D eigenvalue weighted by atomic mass is 9.82. The maximum absolute atomic E-state index is 12.6. The molecule has 1 atom stereocenters. The van der Waals surface area contributed by atoms with Gasteiger partial charge in [-0.15, -0.1) is 0 Å². The van der Waals surface area contributed by atoms with Crippen molar-refractivity contribution in [3.8, 4) is 11.3 Å². The second kappa shape index (κ2) is 5.87. The van der Waals surface area contributed by atoms with Crippen LogP contribution in [0.3, 0.4) is 0 Å². The van der Waals surface area contributed by atoms with E-state index in [0.29, 0.717) is 25.1 Å². The Morgan fingerprint density at radius 2 is 2.04 bits per heavy atom. The number of rotatable bonds is 3. The molecule has 3 rings (SSSR count). The average molecular weight is 314 g/mol. The first-order valence-electron chi connectivity index (χ1n) is 7.54. The summed E-state index contributed by atoms with van der Waals surface area (Å²) in [4.78, 5) is 25.5. The van der Waals surface area contributed by atoms with Crippen LogP contribution in [-0.4, -0.2) is 40.1 Å². The Hall–Kier alpha value is -2.63. The summed E-state index contributed by atoms with van der Waals surface area (Å²) in [7, 11) is 0. The van der Waals surface area contributed by atoms with Crippen LogP contribution in [0.5, 0.6) is 0 Å². The van der Waals surface area contributed by atoms with Gasteiger partial charge in [0.05, 0.1) is 5.41 Å². The molecule has 120 valence electrons. The lowest BCUT2D eigenvalue weighted by Crippen LogP contribution is -2.48. The Kier molecular flexibility index (Phi) is 3.90. The molecule has 1 amide bonds. The van der Waals surface area contributed by atoms with Crippen molar-refractivity contribution in [2.45, 2.75) is 19.8 Å². The van der Waals surface area contributed by atoms with Crippen LogP contribution < -0.4 is 0 Å².